The van der Waals surface area contributed by atoms with Crippen LogP contribution in [0.4, 0.5) is 0 Å². The number of methoxy groups -OCH3 is 1. The predicted molar refractivity (Wildman–Crippen MR) is 111 cm³/mol. The number of benzene rings is 2. The van der Waals surface area contributed by atoms with E-state index in [1.807, 2.05) is 0 Å². The SMILES string of the molecule is CCOC(=O)C1=CCN(S(=O)(=O)c2ccccc2C(=O)OC)C1c1ccc(Cl)cc1. The van der Waals surface area contributed by atoms with E-state index in [9.17, 15) is 18.0 Å². The minimum atomic E-state index is -4.17. The summed E-state index contributed by atoms with van der Waals surface area (Å²) in [6.45, 7) is 1.77. The summed E-state index contributed by atoms with van der Waals surface area (Å²) >= 11 is 5.97. The highest BCUT2D eigenvalue weighted by atomic mass is 35.5. The molecule has 7 nitrogen and oxygen atoms in total. The minimum absolute atomic E-state index is 0.0563. The van der Waals surface area contributed by atoms with Gasteiger partial charge < -0.3 is 9.47 Å². The average molecular weight is 450 g/mol. The summed E-state index contributed by atoms with van der Waals surface area (Å²) in [7, 11) is -2.99. The van der Waals surface area contributed by atoms with Crippen LogP contribution < -0.4 is 0 Å². The Hall–Kier alpha value is -2.68. The first-order valence-electron chi connectivity index (χ1n) is 9.13. The number of esters is 2. The standard InChI is InChI=1S/C21H20ClNO6S/c1-3-29-21(25)17-12-13-23(19(17)14-8-10-15(22)11-9-14)30(26,27)18-7-5-4-6-16(18)20(24)28-2/h4-12,19H,3,13H2,1-2H3. The number of rotatable bonds is 6. The van der Waals surface area contributed by atoms with Gasteiger partial charge in [0.2, 0.25) is 10.0 Å². The van der Waals surface area contributed by atoms with Gasteiger partial charge in [-0.15, -0.1) is 0 Å². The fraction of sp³-hybridized carbons (Fsp3) is 0.238. The normalized spacial score (nSPS) is 16.8. The van der Waals surface area contributed by atoms with Crippen LogP contribution in [-0.2, 0) is 24.3 Å². The van der Waals surface area contributed by atoms with Crippen LogP contribution in [0.3, 0.4) is 0 Å². The lowest BCUT2D eigenvalue weighted by Gasteiger charge is -2.27. The van der Waals surface area contributed by atoms with Crippen LogP contribution in [-0.4, -0.2) is 44.9 Å². The second-order valence-corrected chi connectivity index (χ2v) is 8.69. The maximum Gasteiger partial charge on any atom is 0.339 e. The highest BCUT2D eigenvalue weighted by Gasteiger charge is 2.42. The molecule has 1 aliphatic heterocycles. The van der Waals surface area contributed by atoms with Crippen molar-refractivity contribution in [3.05, 3.63) is 76.3 Å². The van der Waals surface area contributed by atoms with Crippen LogP contribution in [0, 0.1) is 0 Å². The lowest BCUT2D eigenvalue weighted by atomic mass is 10.0. The lowest BCUT2D eigenvalue weighted by molar-refractivity contribution is -0.138. The van der Waals surface area contributed by atoms with Crippen molar-refractivity contribution >= 4 is 33.6 Å². The van der Waals surface area contributed by atoms with Gasteiger partial charge in [-0.25, -0.2) is 18.0 Å². The number of hydrogen-bond acceptors (Lipinski definition) is 6. The quantitative estimate of drug-likeness (QED) is 0.628. The molecule has 1 heterocycles. The van der Waals surface area contributed by atoms with Crippen LogP contribution in [0.5, 0.6) is 0 Å². The third kappa shape index (κ3) is 4.12. The van der Waals surface area contributed by atoms with E-state index in [4.69, 9.17) is 21.1 Å². The zero-order valence-corrected chi connectivity index (χ0v) is 17.9. The molecule has 0 radical (unpaired) electrons. The molecule has 0 aliphatic carbocycles. The number of ether oxygens (including phenoxy) is 2. The van der Waals surface area contributed by atoms with Crippen LogP contribution in [0.15, 0.2) is 65.1 Å². The molecule has 3 rings (SSSR count). The van der Waals surface area contributed by atoms with Gasteiger partial charge in [0.25, 0.3) is 0 Å². The largest absolute Gasteiger partial charge is 0.465 e. The molecule has 2 aromatic rings. The van der Waals surface area contributed by atoms with Gasteiger partial charge >= 0.3 is 11.9 Å². The second-order valence-electron chi connectivity index (χ2n) is 6.40. The number of sulfonamides is 1. The fourth-order valence-electron chi connectivity index (χ4n) is 3.29. The van der Waals surface area contributed by atoms with E-state index in [2.05, 4.69) is 0 Å². The molecule has 0 saturated heterocycles. The third-order valence-electron chi connectivity index (χ3n) is 4.65. The van der Waals surface area contributed by atoms with Gasteiger partial charge in [-0.3, -0.25) is 0 Å². The van der Waals surface area contributed by atoms with Crippen LogP contribution >= 0.6 is 11.6 Å². The van der Waals surface area contributed by atoms with Crippen LogP contribution in [0.25, 0.3) is 0 Å². The summed E-state index contributed by atoms with van der Waals surface area (Å²) in [5.41, 5.74) is 0.674. The number of carbonyl (C=O) groups is 2. The maximum atomic E-state index is 13.6. The molecule has 0 saturated carbocycles. The van der Waals surface area contributed by atoms with Gasteiger partial charge in [0.15, 0.2) is 0 Å². The van der Waals surface area contributed by atoms with Gasteiger partial charge in [0.05, 0.1) is 35.8 Å². The first kappa shape index (κ1) is 22.0. The van der Waals surface area contributed by atoms with E-state index < -0.39 is 28.0 Å². The first-order chi connectivity index (χ1) is 14.3. The van der Waals surface area contributed by atoms with Gasteiger partial charge in [-0.05, 0) is 36.8 Å². The molecule has 0 amide bonds. The Labute approximate surface area is 179 Å². The Morgan fingerprint density at radius 2 is 1.77 bits per heavy atom. The summed E-state index contributed by atoms with van der Waals surface area (Å²) < 4.78 is 38.1. The zero-order valence-electron chi connectivity index (χ0n) is 16.4. The number of halogens is 1. The monoisotopic (exact) mass is 449 g/mol. The van der Waals surface area contributed by atoms with E-state index in [1.54, 1.807) is 37.3 Å². The zero-order chi connectivity index (χ0) is 21.9. The molecule has 30 heavy (non-hydrogen) atoms. The summed E-state index contributed by atoms with van der Waals surface area (Å²) in [6.07, 6.45) is 1.52. The molecule has 158 valence electrons. The van der Waals surface area contributed by atoms with Crippen molar-refractivity contribution in [1.82, 2.24) is 4.31 Å². The van der Waals surface area contributed by atoms with Crippen molar-refractivity contribution in [1.29, 1.82) is 0 Å². The Balaban J connectivity index is 2.11. The van der Waals surface area contributed by atoms with E-state index in [0.717, 1.165) is 4.31 Å². The van der Waals surface area contributed by atoms with Crippen LogP contribution in [0.2, 0.25) is 5.02 Å². The molecular weight excluding hydrogens is 430 g/mol. The Morgan fingerprint density at radius 1 is 1.10 bits per heavy atom. The number of nitrogens with zero attached hydrogens (tertiary/aromatic N) is 1. The van der Waals surface area contributed by atoms with E-state index in [-0.39, 0.29) is 29.2 Å². The van der Waals surface area contributed by atoms with Crippen molar-refractivity contribution in [2.24, 2.45) is 0 Å². The Morgan fingerprint density at radius 3 is 2.40 bits per heavy atom. The maximum absolute atomic E-state index is 13.6. The highest BCUT2D eigenvalue weighted by molar-refractivity contribution is 7.89. The molecule has 9 heteroatoms. The Bertz CT molecular complexity index is 1090. The van der Waals surface area contributed by atoms with Crippen molar-refractivity contribution in [3.63, 3.8) is 0 Å². The van der Waals surface area contributed by atoms with Gasteiger partial charge in [0.1, 0.15) is 0 Å². The lowest BCUT2D eigenvalue weighted by Crippen LogP contribution is -2.34. The number of hydrogen-bond donors (Lipinski definition) is 0. The van der Waals surface area contributed by atoms with Crippen molar-refractivity contribution in [2.75, 3.05) is 20.3 Å². The molecular formula is C21H20ClNO6S. The number of carbonyl (C=O) groups excluding carboxylic acids is 2. The first-order valence-corrected chi connectivity index (χ1v) is 10.9. The van der Waals surface area contributed by atoms with E-state index >= 15 is 0 Å². The molecule has 1 unspecified atom stereocenters. The summed E-state index contributed by atoms with van der Waals surface area (Å²) in [5.74, 6) is -1.37. The molecule has 0 fully saturated rings. The van der Waals surface area contributed by atoms with Gasteiger partial charge in [0, 0.05) is 11.6 Å². The van der Waals surface area contributed by atoms with Gasteiger partial charge in [-0.1, -0.05) is 41.9 Å². The summed E-state index contributed by atoms with van der Waals surface area (Å²) in [4.78, 5) is 24.5. The summed E-state index contributed by atoms with van der Waals surface area (Å²) in [6, 6.07) is 11.4. The van der Waals surface area contributed by atoms with Gasteiger partial charge in [-0.2, -0.15) is 4.31 Å². The van der Waals surface area contributed by atoms with Crippen LogP contribution in [0.1, 0.15) is 28.9 Å². The average Bonchev–Trinajstić information content (AvgIpc) is 3.20. The van der Waals surface area contributed by atoms with Crippen molar-refractivity contribution < 1.29 is 27.5 Å². The molecule has 2 aromatic carbocycles. The van der Waals surface area contributed by atoms with Crippen molar-refractivity contribution in [3.8, 4) is 0 Å². The molecule has 0 aromatic heterocycles. The smallest absolute Gasteiger partial charge is 0.339 e. The molecule has 0 N–H and O–H groups in total. The van der Waals surface area contributed by atoms with E-state index in [0.29, 0.717) is 10.6 Å². The topological polar surface area (TPSA) is 90.0 Å². The third-order valence-corrected chi connectivity index (χ3v) is 6.79. The molecule has 0 bridgehead atoms. The van der Waals surface area contributed by atoms with Crippen molar-refractivity contribution in [2.45, 2.75) is 17.9 Å². The highest BCUT2D eigenvalue weighted by Crippen LogP contribution is 2.39. The molecule has 1 atom stereocenters. The second kappa shape index (κ2) is 8.99. The minimum Gasteiger partial charge on any atom is -0.465 e. The summed E-state index contributed by atoms with van der Waals surface area (Å²) in [5, 5.41) is 0.476. The molecule has 0 spiro atoms. The predicted octanol–water partition coefficient (Wildman–Crippen LogP) is 3.36. The molecule has 1 aliphatic rings. The Kier molecular flexibility index (Phi) is 6.60. The van der Waals surface area contributed by atoms with E-state index in [1.165, 1.54) is 31.4 Å². The fourth-order valence-corrected chi connectivity index (χ4v) is 5.14.